The van der Waals surface area contributed by atoms with Gasteiger partial charge in [-0.25, -0.2) is 4.79 Å². The second-order valence-corrected chi connectivity index (χ2v) is 2.88. The summed E-state index contributed by atoms with van der Waals surface area (Å²) in [6.07, 6.45) is -0.198. The maximum absolute atomic E-state index is 10.5. The zero-order valence-electron chi connectivity index (χ0n) is 7.51. The predicted molar refractivity (Wildman–Crippen MR) is 51.2 cm³/mol. The minimum absolute atomic E-state index is 0.386. The van der Waals surface area contributed by atoms with Gasteiger partial charge in [-0.1, -0.05) is 30.3 Å². The van der Waals surface area contributed by atoms with Crippen LogP contribution in [0.1, 0.15) is 5.56 Å². The summed E-state index contributed by atoms with van der Waals surface area (Å²) in [5.41, 5.74) is 0.929. The van der Waals surface area contributed by atoms with Crippen LogP contribution in [0, 0.1) is 0 Å². The fourth-order valence-corrected chi connectivity index (χ4v) is 1.16. The maximum atomic E-state index is 10.5. The Bertz CT molecular complexity index is 310. The average molecular weight is 193 g/mol. The number of benzene rings is 1. The molecule has 14 heavy (non-hydrogen) atoms. The van der Waals surface area contributed by atoms with Crippen LogP contribution in [-0.2, 0) is 11.2 Å². The molecule has 1 amide bonds. The van der Waals surface area contributed by atoms with Gasteiger partial charge >= 0.3 is 6.09 Å². The monoisotopic (exact) mass is 193 g/mol. The fraction of sp³-hybridized carbons (Fsp3) is 0.200. The molecule has 0 saturated heterocycles. The van der Waals surface area contributed by atoms with Crippen molar-refractivity contribution in [3.05, 3.63) is 35.9 Å². The smallest absolute Gasteiger partial charge is 0.405 e. The van der Waals surface area contributed by atoms with E-state index in [4.69, 9.17) is 5.11 Å². The number of rotatable bonds is 4. The van der Waals surface area contributed by atoms with E-state index in [1.807, 2.05) is 30.3 Å². The summed E-state index contributed by atoms with van der Waals surface area (Å²) in [5, 5.41) is 10.5. The molecular weight excluding hydrogens is 182 g/mol. The molecular formula is C10H11NO3. The van der Waals surface area contributed by atoms with Gasteiger partial charge in [0.1, 0.15) is 6.29 Å². The Morgan fingerprint density at radius 2 is 2.07 bits per heavy atom. The molecule has 0 aliphatic carbocycles. The van der Waals surface area contributed by atoms with Crippen LogP contribution in [-0.4, -0.2) is 23.5 Å². The number of hydrogen-bond acceptors (Lipinski definition) is 2. The van der Waals surface area contributed by atoms with E-state index in [1.165, 1.54) is 0 Å². The van der Waals surface area contributed by atoms with Gasteiger partial charge in [0.25, 0.3) is 0 Å². The van der Waals surface area contributed by atoms with Gasteiger partial charge in [-0.05, 0) is 12.0 Å². The normalized spacial score (nSPS) is 11.7. The van der Waals surface area contributed by atoms with Gasteiger partial charge < -0.3 is 15.2 Å². The number of hydrogen-bond donors (Lipinski definition) is 2. The van der Waals surface area contributed by atoms with Crippen molar-refractivity contribution in [2.75, 3.05) is 0 Å². The van der Waals surface area contributed by atoms with Crippen molar-refractivity contribution < 1.29 is 14.7 Å². The molecule has 0 unspecified atom stereocenters. The summed E-state index contributed by atoms with van der Waals surface area (Å²) >= 11 is 0. The summed E-state index contributed by atoms with van der Waals surface area (Å²) < 4.78 is 0. The van der Waals surface area contributed by atoms with E-state index in [0.717, 1.165) is 5.56 Å². The minimum atomic E-state index is -1.18. The molecule has 0 radical (unpaired) electrons. The summed E-state index contributed by atoms with van der Waals surface area (Å²) in [4.78, 5) is 20.8. The topological polar surface area (TPSA) is 66.4 Å². The summed E-state index contributed by atoms with van der Waals surface area (Å²) in [6.45, 7) is 0. The van der Waals surface area contributed by atoms with E-state index in [1.54, 1.807) is 0 Å². The van der Waals surface area contributed by atoms with Crippen molar-refractivity contribution in [1.29, 1.82) is 0 Å². The van der Waals surface area contributed by atoms with Crippen LogP contribution in [0.25, 0.3) is 0 Å². The first-order valence-electron chi connectivity index (χ1n) is 4.21. The third kappa shape index (κ3) is 3.26. The van der Waals surface area contributed by atoms with E-state index < -0.39 is 12.1 Å². The molecule has 0 heterocycles. The molecule has 1 rings (SSSR count). The van der Waals surface area contributed by atoms with E-state index >= 15 is 0 Å². The van der Waals surface area contributed by atoms with Gasteiger partial charge in [0.15, 0.2) is 0 Å². The highest BCUT2D eigenvalue weighted by atomic mass is 16.4. The Hall–Kier alpha value is -1.84. The Morgan fingerprint density at radius 1 is 1.43 bits per heavy atom. The Kier molecular flexibility index (Phi) is 3.67. The first-order valence-corrected chi connectivity index (χ1v) is 4.21. The second kappa shape index (κ2) is 5.01. The number of amides is 1. The zero-order chi connectivity index (χ0) is 10.4. The molecule has 1 aromatic carbocycles. The molecule has 0 aliphatic rings. The van der Waals surface area contributed by atoms with Crippen molar-refractivity contribution in [1.82, 2.24) is 5.32 Å². The molecule has 1 aromatic rings. The lowest BCUT2D eigenvalue weighted by Gasteiger charge is -2.09. The standard InChI is InChI=1S/C10H11NO3/c12-7-9(11-10(13)14)6-8-4-2-1-3-5-8/h1-5,7,9,11H,6H2,(H,13,14)/t9-/m0/s1. The van der Waals surface area contributed by atoms with Crippen molar-refractivity contribution in [3.8, 4) is 0 Å². The zero-order valence-corrected chi connectivity index (χ0v) is 7.51. The van der Waals surface area contributed by atoms with Gasteiger partial charge in [0.05, 0.1) is 6.04 Å². The van der Waals surface area contributed by atoms with E-state index in [2.05, 4.69) is 5.32 Å². The summed E-state index contributed by atoms with van der Waals surface area (Å²) in [6, 6.07) is 8.58. The average Bonchev–Trinajstić information content (AvgIpc) is 2.17. The Balaban J connectivity index is 2.57. The maximum Gasteiger partial charge on any atom is 0.405 e. The van der Waals surface area contributed by atoms with Crippen molar-refractivity contribution >= 4 is 12.4 Å². The van der Waals surface area contributed by atoms with E-state index in [9.17, 15) is 9.59 Å². The number of nitrogens with one attached hydrogen (secondary N) is 1. The quantitative estimate of drug-likeness (QED) is 0.703. The van der Waals surface area contributed by atoms with E-state index in [0.29, 0.717) is 12.7 Å². The summed E-state index contributed by atoms with van der Waals surface area (Å²) in [7, 11) is 0. The molecule has 0 fully saturated rings. The van der Waals surface area contributed by atoms with Crippen LogP contribution in [0.15, 0.2) is 30.3 Å². The second-order valence-electron chi connectivity index (χ2n) is 2.88. The molecule has 0 spiro atoms. The van der Waals surface area contributed by atoms with Crippen LogP contribution < -0.4 is 5.32 Å². The molecule has 4 nitrogen and oxygen atoms in total. The van der Waals surface area contributed by atoms with Crippen LogP contribution in [0.4, 0.5) is 4.79 Å². The Morgan fingerprint density at radius 3 is 2.57 bits per heavy atom. The first kappa shape index (κ1) is 10.2. The molecule has 1 atom stereocenters. The first-order chi connectivity index (χ1) is 6.72. The van der Waals surface area contributed by atoms with Gasteiger partial charge in [0, 0.05) is 0 Å². The molecule has 2 N–H and O–H groups in total. The van der Waals surface area contributed by atoms with Gasteiger partial charge in [-0.15, -0.1) is 0 Å². The largest absolute Gasteiger partial charge is 0.465 e. The van der Waals surface area contributed by atoms with Gasteiger partial charge in [-0.2, -0.15) is 0 Å². The number of aldehydes is 1. The highest BCUT2D eigenvalue weighted by Crippen LogP contribution is 2.01. The van der Waals surface area contributed by atoms with Gasteiger partial charge in [0.2, 0.25) is 0 Å². The SMILES string of the molecule is O=C[C@H](Cc1ccccc1)NC(=O)O. The molecule has 0 saturated carbocycles. The molecule has 0 aliphatic heterocycles. The number of carbonyl (C=O) groups excluding carboxylic acids is 1. The molecule has 74 valence electrons. The van der Waals surface area contributed by atoms with Crippen molar-refractivity contribution in [3.63, 3.8) is 0 Å². The molecule has 0 aromatic heterocycles. The molecule has 4 heteroatoms. The number of carbonyl (C=O) groups is 2. The van der Waals surface area contributed by atoms with Gasteiger partial charge in [-0.3, -0.25) is 0 Å². The van der Waals surface area contributed by atoms with Crippen LogP contribution in [0.2, 0.25) is 0 Å². The van der Waals surface area contributed by atoms with Crippen LogP contribution >= 0.6 is 0 Å². The number of carboxylic acid groups (broad SMARTS) is 1. The van der Waals surface area contributed by atoms with Crippen molar-refractivity contribution in [2.24, 2.45) is 0 Å². The van der Waals surface area contributed by atoms with Crippen LogP contribution in [0.5, 0.6) is 0 Å². The third-order valence-electron chi connectivity index (χ3n) is 1.77. The molecule has 0 bridgehead atoms. The Labute approximate surface area is 81.6 Å². The lowest BCUT2D eigenvalue weighted by Crippen LogP contribution is -2.36. The predicted octanol–water partition coefficient (Wildman–Crippen LogP) is 1.06. The highest BCUT2D eigenvalue weighted by Gasteiger charge is 2.09. The lowest BCUT2D eigenvalue weighted by atomic mass is 10.1. The lowest BCUT2D eigenvalue weighted by molar-refractivity contribution is -0.109. The third-order valence-corrected chi connectivity index (χ3v) is 1.77. The van der Waals surface area contributed by atoms with Crippen molar-refractivity contribution in [2.45, 2.75) is 12.5 Å². The summed E-state index contributed by atoms with van der Waals surface area (Å²) in [5.74, 6) is 0. The van der Waals surface area contributed by atoms with Crippen LogP contribution in [0.3, 0.4) is 0 Å². The van der Waals surface area contributed by atoms with E-state index in [-0.39, 0.29) is 0 Å². The minimum Gasteiger partial charge on any atom is -0.465 e. The fourth-order valence-electron chi connectivity index (χ4n) is 1.16. The highest BCUT2D eigenvalue weighted by molar-refractivity contribution is 5.71.